The van der Waals surface area contributed by atoms with Gasteiger partial charge in [0.05, 0.1) is 17.2 Å². The molecule has 0 aromatic carbocycles. The lowest BCUT2D eigenvalue weighted by Crippen LogP contribution is -2.38. The fourth-order valence-corrected chi connectivity index (χ4v) is 3.85. The summed E-state index contributed by atoms with van der Waals surface area (Å²) >= 11 is 3.42. The van der Waals surface area contributed by atoms with E-state index in [4.69, 9.17) is 0 Å². The maximum atomic E-state index is 4.62. The first-order valence-corrected chi connectivity index (χ1v) is 9.85. The van der Waals surface area contributed by atoms with E-state index in [1.807, 2.05) is 28.4 Å². The zero-order chi connectivity index (χ0) is 16.8. The van der Waals surface area contributed by atoms with E-state index in [0.29, 0.717) is 6.54 Å². The van der Waals surface area contributed by atoms with Gasteiger partial charge in [-0.3, -0.25) is 4.40 Å². The molecule has 3 aromatic heterocycles. The summed E-state index contributed by atoms with van der Waals surface area (Å²) in [7, 11) is 0. The van der Waals surface area contributed by atoms with Crippen molar-refractivity contribution in [3.8, 4) is 0 Å². The molecule has 0 atom stereocenters. The molecule has 0 amide bonds. The van der Waals surface area contributed by atoms with Crippen LogP contribution in [0.2, 0.25) is 0 Å². The highest BCUT2D eigenvalue weighted by Crippen LogP contribution is 2.13. The Hall–Kier alpha value is -1.93. The monoisotopic (exact) mass is 362 g/mol. The molecule has 0 aliphatic rings. The van der Waals surface area contributed by atoms with Crippen LogP contribution in [0.3, 0.4) is 0 Å². The van der Waals surface area contributed by atoms with Gasteiger partial charge >= 0.3 is 0 Å². The van der Waals surface area contributed by atoms with Crippen LogP contribution >= 0.6 is 22.7 Å². The average molecular weight is 363 g/mol. The number of aryl methyl sites for hydroxylation is 1. The molecule has 6 nitrogen and oxygen atoms in total. The molecular formula is C16H22N6S2. The van der Waals surface area contributed by atoms with Crippen molar-refractivity contribution in [2.45, 2.75) is 33.2 Å². The fraction of sp³-hybridized carbons (Fsp3) is 0.438. The van der Waals surface area contributed by atoms with Crippen molar-refractivity contribution < 1.29 is 0 Å². The smallest absolute Gasteiger partial charge is 0.193 e. The third-order valence-corrected chi connectivity index (χ3v) is 5.44. The fourth-order valence-electron chi connectivity index (χ4n) is 2.27. The van der Waals surface area contributed by atoms with Crippen LogP contribution < -0.4 is 10.6 Å². The summed E-state index contributed by atoms with van der Waals surface area (Å²) in [5.74, 6) is 0.820. The lowest BCUT2D eigenvalue weighted by molar-refractivity contribution is 0.794. The Labute approximate surface area is 149 Å². The normalized spacial score (nSPS) is 12.0. The van der Waals surface area contributed by atoms with Crippen LogP contribution in [0.1, 0.15) is 29.4 Å². The van der Waals surface area contributed by atoms with E-state index in [9.17, 15) is 0 Å². The first-order valence-electron chi connectivity index (χ1n) is 8.15. The molecule has 128 valence electrons. The zero-order valence-corrected chi connectivity index (χ0v) is 15.6. The lowest BCUT2D eigenvalue weighted by atomic mass is 10.4. The topological polar surface area (TPSA) is 66.6 Å². The molecule has 3 rings (SSSR count). The molecule has 0 fully saturated rings. The predicted octanol–water partition coefficient (Wildman–Crippen LogP) is 2.71. The molecule has 0 spiro atoms. The highest BCUT2D eigenvalue weighted by atomic mass is 32.1. The molecule has 3 heterocycles. The number of rotatable bonds is 7. The third kappa shape index (κ3) is 4.33. The van der Waals surface area contributed by atoms with Crippen LogP contribution in [-0.4, -0.2) is 33.4 Å². The van der Waals surface area contributed by atoms with E-state index in [1.54, 1.807) is 22.7 Å². The summed E-state index contributed by atoms with van der Waals surface area (Å²) in [6.07, 6.45) is 7.99. The van der Waals surface area contributed by atoms with Gasteiger partial charge in [-0.25, -0.2) is 15.0 Å². The molecule has 2 N–H and O–H groups in total. The van der Waals surface area contributed by atoms with Crippen LogP contribution in [-0.2, 0) is 19.4 Å². The number of thiazole rings is 2. The number of hydrogen-bond acceptors (Lipinski definition) is 5. The van der Waals surface area contributed by atoms with E-state index < -0.39 is 0 Å². The van der Waals surface area contributed by atoms with Crippen molar-refractivity contribution in [3.63, 3.8) is 0 Å². The van der Waals surface area contributed by atoms with Gasteiger partial charge in [0.2, 0.25) is 0 Å². The number of hydrogen-bond donors (Lipinski definition) is 2. The maximum Gasteiger partial charge on any atom is 0.193 e. The molecule has 0 radical (unpaired) electrons. The standard InChI is InChI=1S/C16H22N6S2/c1-3-13-10-19-14(24-13)5-6-18-15(17-4-2)20-9-12-11-22-7-8-23-16(22)21-12/h7-8,10-11H,3-6,9H2,1-2H3,(H2,17,18,20). The summed E-state index contributed by atoms with van der Waals surface area (Å²) in [6.45, 7) is 6.45. The van der Waals surface area contributed by atoms with Gasteiger partial charge < -0.3 is 10.6 Å². The van der Waals surface area contributed by atoms with Crippen molar-refractivity contribution in [1.82, 2.24) is 25.0 Å². The maximum absolute atomic E-state index is 4.62. The van der Waals surface area contributed by atoms with Gasteiger partial charge in [-0.05, 0) is 13.3 Å². The Morgan fingerprint density at radius 2 is 2.25 bits per heavy atom. The largest absolute Gasteiger partial charge is 0.357 e. The van der Waals surface area contributed by atoms with Crippen LogP contribution in [0.4, 0.5) is 0 Å². The Morgan fingerprint density at radius 1 is 1.33 bits per heavy atom. The Bertz CT molecular complexity index is 772. The van der Waals surface area contributed by atoms with Crippen LogP contribution in [0.5, 0.6) is 0 Å². The molecule has 0 bridgehead atoms. The van der Waals surface area contributed by atoms with Gasteiger partial charge in [0.1, 0.15) is 0 Å². The van der Waals surface area contributed by atoms with Gasteiger partial charge in [0, 0.05) is 48.4 Å². The average Bonchev–Trinajstić information content (AvgIpc) is 3.28. The summed E-state index contributed by atoms with van der Waals surface area (Å²) in [5, 5.41) is 9.84. The summed E-state index contributed by atoms with van der Waals surface area (Å²) in [4.78, 5) is 16.0. The molecule has 3 aromatic rings. The summed E-state index contributed by atoms with van der Waals surface area (Å²) in [6, 6.07) is 0. The zero-order valence-electron chi connectivity index (χ0n) is 14.0. The van der Waals surface area contributed by atoms with E-state index in [0.717, 1.165) is 42.5 Å². The van der Waals surface area contributed by atoms with E-state index >= 15 is 0 Å². The second-order valence-electron chi connectivity index (χ2n) is 5.27. The minimum absolute atomic E-state index is 0.570. The number of nitrogens with one attached hydrogen (secondary N) is 2. The molecule has 0 aliphatic carbocycles. The molecule has 24 heavy (non-hydrogen) atoms. The van der Waals surface area contributed by atoms with Gasteiger partial charge in [0.15, 0.2) is 10.9 Å². The number of aromatic nitrogens is 3. The molecule has 0 unspecified atom stereocenters. The SMILES string of the molecule is CCNC(=NCc1cn2ccsc2n1)NCCc1ncc(CC)s1. The van der Waals surface area contributed by atoms with Gasteiger partial charge in [-0.2, -0.15) is 0 Å². The second-order valence-corrected chi connectivity index (χ2v) is 7.34. The Balaban J connectivity index is 1.53. The highest BCUT2D eigenvalue weighted by molar-refractivity contribution is 7.15. The summed E-state index contributed by atoms with van der Waals surface area (Å²) < 4.78 is 2.03. The van der Waals surface area contributed by atoms with Crippen molar-refractivity contribution in [2.75, 3.05) is 13.1 Å². The van der Waals surface area contributed by atoms with Crippen LogP contribution in [0.15, 0.2) is 29.0 Å². The highest BCUT2D eigenvalue weighted by Gasteiger charge is 2.04. The minimum Gasteiger partial charge on any atom is -0.357 e. The Morgan fingerprint density at radius 3 is 3.00 bits per heavy atom. The predicted molar refractivity (Wildman–Crippen MR) is 101 cm³/mol. The molecule has 8 heteroatoms. The summed E-state index contributed by atoms with van der Waals surface area (Å²) in [5.41, 5.74) is 0.978. The third-order valence-electron chi connectivity index (χ3n) is 3.47. The lowest BCUT2D eigenvalue weighted by Gasteiger charge is -2.10. The molecule has 0 saturated carbocycles. The first-order chi connectivity index (χ1) is 11.8. The van der Waals surface area contributed by atoms with Gasteiger partial charge in [-0.15, -0.1) is 22.7 Å². The van der Waals surface area contributed by atoms with E-state index in [2.05, 4.69) is 39.4 Å². The number of imidazole rings is 1. The number of fused-ring (bicyclic) bond motifs is 1. The van der Waals surface area contributed by atoms with Crippen molar-refractivity contribution in [1.29, 1.82) is 0 Å². The van der Waals surface area contributed by atoms with Crippen LogP contribution in [0, 0.1) is 0 Å². The molecule has 0 aliphatic heterocycles. The van der Waals surface area contributed by atoms with Crippen molar-refractivity contribution >= 4 is 33.6 Å². The van der Waals surface area contributed by atoms with Crippen LogP contribution in [0.25, 0.3) is 4.96 Å². The van der Waals surface area contributed by atoms with Gasteiger partial charge in [-0.1, -0.05) is 6.92 Å². The van der Waals surface area contributed by atoms with Crippen molar-refractivity contribution in [3.05, 3.63) is 39.5 Å². The number of guanidine groups is 1. The van der Waals surface area contributed by atoms with Crippen molar-refractivity contribution in [2.24, 2.45) is 4.99 Å². The minimum atomic E-state index is 0.570. The quantitative estimate of drug-likeness (QED) is 0.501. The number of nitrogens with zero attached hydrogens (tertiary/aromatic N) is 4. The van der Waals surface area contributed by atoms with Gasteiger partial charge in [0.25, 0.3) is 0 Å². The first kappa shape index (κ1) is 16.9. The van der Waals surface area contributed by atoms with E-state index in [-0.39, 0.29) is 0 Å². The second kappa shape index (κ2) is 8.25. The number of aliphatic imine (C=N–C) groups is 1. The molecule has 0 saturated heterocycles. The van der Waals surface area contributed by atoms with E-state index in [1.165, 1.54) is 9.88 Å². The Kier molecular flexibility index (Phi) is 5.81. The molecular weight excluding hydrogens is 340 g/mol.